The SMILES string of the molecule is N#Cc1cc(F)cc(-c2cc(C(=O)NCc3ccc(C(=O)O)cc3)c3c(cnn3Cc3ccc4ccccc4n3)c2)c1. The number of para-hydroxylation sites is 1. The lowest BCUT2D eigenvalue weighted by molar-refractivity contribution is 0.0696. The molecule has 0 radical (unpaired) electrons. The van der Waals surface area contributed by atoms with Gasteiger partial charge in [-0.1, -0.05) is 36.4 Å². The van der Waals surface area contributed by atoms with Crippen LogP contribution in [0.5, 0.6) is 0 Å². The quantitative estimate of drug-likeness (QED) is 0.252. The monoisotopic (exact) mass is 555 g/mol. The van der Waals surface area contributed by atoms with E-state index in [1.165, 1.54) is 18.2 Å². The first-order valence-electron chi connectivity index (χ1n) is 13.0. The molecule has 2 N–H and O–H groups in total. The van der Waals surface area contributed by atoms with E-state index in [0.29, 0.717) is 34.1 Å². The van der Waals surface area contributed by atoms with E-state index in [-0.39, 0.29) is 17.7 Å². The summed E-state index contributed by atoms with van der Waals surface area (Å²) in [5.41, 5.74) is 4.54. The highest BCUT2D eigenvalue weighted by Crippen LogP contribution is 2.30. The second kappa shape index (κ2) is 10.9. The predicted molar refractivity (Wildman–Crippen MR) is 155 cm³/mol. The molecule has 8 nitrogen and oxygen atoms in total. The number of pyridine rings is 1. The Morgan fingerprint density at radius 2 is 1.71 bits per heavy atom. The van der Waals surface area contributed by atoms with Crippen LogP contribution in [0.2, 0.25) is 0 Å². The number of nitriles is 1. The molecule has 0 bridgehead atoms. The number of nitrogens with zero attached hydrogens (tertiary/aromatic N) is 4. The number of carbonyl (C=O) groups excluding carboxylic acids is 1. The fourth-order valence-electron chi connectivity index (χ4n) is 4.91. The van der Waals surface area contributed by atoms with Gasteiger partial charge >= 0.3 is 5.97 Å². The molecular formula is C33H22FN5O3. The van der Waals surface area contributed by atoms with E-state index in [9.17, 15) is 19.2 Å². The average Bonchev–Trinajstić information content (AvgIpc) is 3.41. The Hall–Kier alpha value is -5.88. The highest BCUT2D eigenvalue weighted by atomic mass is 19.1. The van der Waals surface area contributed by atoms with Gasteiger partial charge in [0, 0.05) is 17.3 Å². The Morgan fingerprint density at radius 1 is 0.929 bits per heavy atom. The Labute approximate surface area is 239 Å². The zero-order valence-corrected chi connectivity index (χ0v) is 22.1. The number of aromatic nitrogens is 3. The van der Waals surface area contributed by atoms with Crippen LogP contribution in [0.3, 0.4) is 0 Å². The Morgan fingerprint density at radius 3 is 2.50 bits per heavy atom. The van der Waals surface area contributed by atoms with Crippen LogP contribution in [-0.4, -0.2) is 31.7 Å². The first kappa shape index (κ1) is 26.3. The van der Waals surface area contributed by atoms with Gasteiger partial charge < -0.3 is 10.4 Å². The normalized spacial score (nSPS) is 11.0. The molecule has 6 aromatic rings. The molecule has 0 spiro atoms. The van der Waals surface area contributed by atoms with Crippen LogP contribution in [0.4, 0.5) is 4.39 Å². The van der Waals surface area contributed by atoms with Crippen LogP contribution >= 0.6 is 0 Å². The topological polar surface area (TPSA) is 121 Å². The Balaban J connectivity index is 1.40. The summed E-state index contributed by atoms with van der Waals surface area (Å²) in [5, 5.41) is 27.6. The summed E-state index contributed by atoms with van der Waals surface area (Å²) in [4.78, 5) is 29.6. The number of amides is 1. The number of carboxylic acid groups (broad SMARTS) is 1. The van der Waals surface area contributed by atoms with Crippen molar-refractivity contribution in [2.75, 3.05) is 0 Å². The molecule has 204 valence electrons. The van der Waals surface area contributed by atoms with Crippen molar-refractivity contribution in [2.24, 2.45) is 0 Å². The van der Waals surface area contributed by atoms with E-state index in [1.54, 1.807) is 35.1 Å². The summed E-state index contributed by atoms with van der Waals surface area (Å²) in [5.74, 6) is -1.98. The fourth-order valence-corrected chi connectivity index (χ4v) is 4.91. The summed E-state index contributed by atoms with van der Waals surface area (Å²) >= 11 is 0. The van der Waals surface area contributed by atoms with Gasteiger partial charge in [-0.15, -0.1) is 0 Å². The van der Waals surface area contributed by atoms with Crippen LogP contribution in [0.1, 0.15) is 37.5 Å². The van der Waals surface area contributed by atoms with Gasteiger partial charge in [-0.3, -0.25) is 14.5 Å². The number of carboxylic acids is 1. The maximum atomic E-state index is 14.3. The first-order valence-corrected chi connectivity index (χ1v) is 13.0. The Kier molecular flexibility index (Phi) is 6.87. The second-order valence-electron chi connectivity index (χ2n) is 9.78. The van der Waals surface area contributed by atoms with Crippen LogP contribution < -0.4 is 5.32 Å². The summed E-state index contributed by atoms with van der Waals surface area (Å²) in [7, 11) is 0. The molecule has 0 saturated heterocycles. The van der Waals surface area contributed by atoms with Crippen molar-refractivity contribution >= 4 is 33.7 Å². The molecular weight excluding hydrogens is 533 g/mol. The number of hydrogen-bond donors (Lipinski definition) is 2. The first-order chi connectivity index (χ1) is 20.4. The standard InChI is InChI=1S/C33H22FN5O3/c34-27-12-21(16-35)11-24(14-27)25-13-26-18-37-39(19-28-10-9-22-3-1-2-4-30(22)38-28)31(26)29(15-25)32(40)36-17-20-5-7-23(8-6-20)33(41)42/h1-15,18H,17,19H2,(H,36,40)(H,41,42). The lowest BCUT2D eigenvalue weighted by Crippen LogP contribution is -2.24. The fraction of sp³-hybridized carbons (Fsp3) is 0.0606. The lowest BCUT2D eigenvalue weighted by Gasteiger charge is -2.12. The molecule has 2 aromatic heterocycles. The van der Waals surface area contributed by atoms with Crippen molar-refractivity contribution in [1.82, 2.24) is 20.1 Å². The zero-order valence-electron chi connectivity index (χ0n) is 22.1. The minimum Gasteiger partial charge on any atom is -0.478 e. The third-order valence-corrected chi connectivity index (χ3v) is 6.96. The van der Waals surface area contributed by atoms with E-state index in [0.717, 1.165) is 28.2 Å². The predicted octanol–water partition coefficient (Wildman–Crippen LogP) is 5.94. The second-order valence-corrected chi connectivity index (χ2v) is 9.78. The molecule has 1 amide bonds. The Bertz CT molecular complexity index is 2040. The van der Waals surface area contributed by atoms with E-state index in [2.05, 4.69) is 10.4 Å². The summed E-state index contributed by atoms with van der Waals surface area (Å²) in [6.45, 7) is 0.465. The molecule has 0 unspecified atom stereocenters. The van der Waals surface area contributed by atoms with E-state index in [4.69, 9.17) is 10.1 Å². The van der Waals surface area contributed by atoms with E-state index in [1.807, 2.05) is 48.5 Å². The average molecular weight is 556 g/mol. The third-order valence-electron chi connectivity index (χ3n) is 6.96. The number of nitrogens with one attached hydrogen (secondary N) is 1. The maximum Gasteiger partial charge on any atom is 0.335 e. The van der Waals surface area contributed by atoms with Crippen LogP contribution in [0.25, 0.3) is 32.9 Å². The van der Waals surface area contributed by atoms with Gasteiger partial charge in [-0.25, -0.2) is 9.18 Å². The number of carbonyl (C=O) groups is 2. The number of benzene rings is 4. The smallest absolute Gasteiger partial charge is 0.335 e. The summed E-state index contributed by atoms with van der Waals surface area (Å²) < 4.78 is 16.0. The number of fused-ring (bicyclic) bond motifs is 2. The van der Waals surface area contributed by atoms with Crippen molar-refractivity contribution in [1.29, 1.82) is 5.26 Å². The molecule has 42 heavy (non-hydrogen) atoms. The van der Waals surface area contributed by atoms with Crippen LogP contribution in [0.15, 0.2) is 97.2 Å². The van der Waals surface area contributed by atoms with Gasteiger partial charge in [-0.05, 0) is 71.3 Å². The summed E-state index contributed by atoms with van der Waals surface area (Å²) in [6, 6.07) is 27.4. The van der Waals surface area contributed by atoms with Gasteiger partial charge in [0.25, 0.3) is 5.91 Å². The van der Waals surface area contributed by atoms with Gasteiger partial charge in [-0.2, -0.15) is 10.4 Å². The molecule has 2 heterocycles. The molecule has 0 aliphatic carbocycles. The summed E-state index contributed by atoms with van der Waals surface area (Å²) in [6.07, 6.45) is 1.64. The van der Waals surface area contributed by atoms with E-state index >= 15 is 0 Å². The van der Waals surface area contributed by atoms with Gasteiger partial charge in [0.1, 0.15) is 5.82 Å². The van der Waals surface area contributed by atoms with Crippen molar-refractivity contribution in [3.05, 3.63) is 131 Å². The number of halogens is 1. The van der Waals surface area contributed by atoms with Crippen LogP contribution in [0, 0.1) is 17.1 Å². The molecule has 6 rings (SSSR count). The number of aromatic carboxylic acids is 1. The highest BCUT2D eigenvalue weighted by molar-refractivity contribution is 6.07. The third kappa shape index (κ3) is 5.29. The minimum atomic E-state index is -1.03. The van der Waals surface area contributed by atoms with Crippen molar-refractivity contribution in [3.63, 3.8) is 0 Å². The zero-order chi connectivity index (χ0) is 29.2. The molecule has 0 fully saturated rings. The van der Waals surface area contributed by atoms with Crippen LogP contribution in [-0.2, 0) is 13.1 Å². The van der Waals surface area contributed by atoms with Gasteiger partial charge in [0.05, 0.1) is 52.2 Å². The van der Waals surface area contributed by atoms with Gasteiger partial charge in [0.2, 0.25) is 0 Å². The van der Waals surface area contributed by atoms with E-state index < -0.39 is 17.7 Å². The van der Waals surface area contributed by atoms with Crippen molar-refractivity contribution in [3.8, 4) is 17.2 Å². The highest BCUT2D eigenvalue weighted by Gasteiger charge is 2.18. The molecule has 0 aliphatic rings. The maximum absolute atomic E-state index is 14.3. The van der Waals surface area contributed by atoms with Gasteiger partial charge in [0.15, 0.2) is 0 Å². The molecule has 0 saturated carbocycles. The molecule has 0 atom stereocenters. The number of rotatable bonds is 7. The van der Waals surface area contributed by atoms with Crippen molar-refractivity contribution < 1.29 is 19.1 Å². The number of hydrogen-bond acceptors (Lipinski definition) is 5. The van der Waals surface area contributed by atoms with Crippen molar-refractivity contribution in [2.45, 2.75) is 13.1 Å². The lowest BCUT2D eigenvalue weighted by atomic mass is 9.98. The minimum absolute atomic E-state index is 0.150. The molecule has 4 aromatic carbocycles. The largest absolute Gasteiger partial charge is 0.478 e. The molecule has 0 aliphatic heterocycles. The molecule has 9 heteroatoms.